The third kappa shape index (κ3) is 4.67. The van der Waals surface area contributed by atoms with Crippen LogP contribution in [0.5, 0.6) is 5.75 Å². The minimum Gasteiger partial charge on any atom is -0.497 e. The largest absolute Gasteiger partial charge is 0.497 e. The van der Waals surface area contributed by atoms with Gasteiger partial charge in [-0.15, -0.1) is 0 Å². The van der Waals surface area contributed by atoms with E-state index in [-0.39, 0.29) is 6.04 Å². The molecule has 0 aliphatic rings. The molecule has 0 bridgehead atoms. The Bertz CT molecular complexity index is 1130. The van der Waals surface area contributed by atoms with Crippen LogP contribution >= 0.6 is 0 Å². The smallest absolute Gasteiger partial charge is 0.118 e. The quantitative estimate of drug-likeness (QED) is 0.329. The fraction of sp³-hybridized carbons (Fsp3) is 0.207. The molecule has 0 fully saturated rings. The van der Waals surface area contributed by atoms with E-state index in [2.05, 4.69) is 98.0 Å². The van der Waals surface area contributed by atoms with Crippen molar-refractivity contribution in [3.05, 3.63) is 113 Å². The Kier molecular flexibility index (Phi) is 6.86. The Morgan fingerprint density at radius 3 is 2.03 bits per heavy atom. The second-order valence-electron chi connectivity index (χ2n) is 7.82. The molecule has 1 N–H and O–H groups in total. The molecule has 0 saturated carbocycles. The molecule has 162 valence electrons. The van der Waals surface area contributed by atoms with Crippen LogP contribution in [0.2, 0.25) is 0 Å². The van der Waals surface area contributed by atoms with E-state index >= 15 is 0 Å². The Balaban J connectivity index is 1.77. The van der Waals surface area contributed by atoms with Gasteiger partial charge in [-0.1, -0.05) is 68.4 Å². The lowest BCUT2D eigenvalue weighted by atomic mass is 9.98. The predicted octanol–water partition coefficient (Wildman–Crippen LogP) is 7.08. The number of pyridine rings is 1. The van der Waals surface area contributed by atoms with Crippen molar-refractivity contribution < 1.29 is 4.74 Å². The first-order chi connectivity index (χ1) is 15.7. The average Bonchev–Trinajstić information content (AvgIpc) is 2.87. The summed E-state index contributed by atoms with van der Waals surface area (Å²) in [6.07, 6.45) is 1.97. The average molecular weight is 423 g/mol. The third-order valence-corrected chi connectivity index (χ3v) is 5.87. The summed E-state index contributed by atoms with van der Waals surface area (Å²) in [5, 5.41) is 3.87. The molecule has 3 aromatic carbocycles. The molecule has 4 rings (SSSR count). The van der Waals surface area contributed by atoms with Crippen LogP contribution in [0, 0.1) is 0 Å². The van der Waals surface area contributed by atoms with E-state index in [1.54, 1.807) is 7.11 Å². The summed E-state index contributed by atoms with van der Waals surface area (Å²) in [4.78, 5) is 5.08. The summed E-state index contributed by atoms with van der Waals surface area (Å²) >= 11 is 0. The first-order valence-corrected chi connectivity index (χ1v) is 11.3. The molecule has 0 spiro atoms. The minimum atomic E-state index is -0.0487. The SMILES string of the molecule is CCc1cccc(CC)c1NC(c1ccccc1)c1cccc(-c2ccc(OC)cc2)n1. The van der Waals surface area contributed by atoms with Gasteiger partial charge in [-0.3, -0.25) is 4.98 Å². The fourth-order valence-electron chi connectivity index (χ4n) is 4.08. The van der Waals surface area contributed by atoms with Crippen LogP contribution in [0.25, 0.3) is 11.3 Å². The van der Waals surface area contributed by atoms with Crippen molar-refractivity contribution in [3.8, 4) is 17.0 Å². The summed E-state index contributed by atoms with van der Waals surface area (Å²) in [5.74, 6) is 0.844. The van der Waals surface area contributed by atoms with Gasteiger partial charge >= 0.3 is 0 Å². The van der Waals surface area contributed by atoms with Gasteiger partial charge in [0.15, 0.2) is 0 Å². The lowest BCUT2D eigenvalue weighted by Gasteiger charge is -2.24. The fourth-order valence-corrected chi connectivity index (χ4v) is 4.08. The predicted molar refractivity (Wildman–Crippen MR) is 133 cm³/mol. The molecule has 32 heavy (non-hydrogen) atoms. The number of methoxy groups -OCH3 is 1. The van der Waals surface area contributed by atoms with Gasteiger partial charge < -0.3 is 10.1 Å². The highest BCUT2D eigenvalue weighted by molar-refractivity contribution is 5.62. The first-order valence-electron chi connectivity index (χ1n) is 11.3. The number of hydrogen-bond acceptors (Lipinski definition) is 3. The zero-order valence-electron chi connectivity index (χ0n) is 19.0. The highest BCUT2D eigenvalue weighted by atomic mass is 16.5. The minimum absolute atomic E-state index is 0.0487. The molecule has 3 nitrogen and oxygen atoms in total. The maximum absolute atomic E-state index is 5.30. The number of nitrogens with zero attached hydrogens (tertiary/aromatic N) is 1. The molecule has 0 aliphatic heterocycles. The molecular formula is C29H30N2O. The number of aryl methyl sites for hydroxylation is 2. The Morgan fingerprint density at radius 1 is 0.750 bits per heavy atom. The Hall–Kier alpha value is -3.59. The van der Waals surface area contributed by atoms with Gasteiger partial charge in [-0.2, -0.15) is 0 Å². The second kappa shape index (κ2) is 10.1. The van der Waals surface area contributed by atoms with E-state index in [4.69, 9.17) is 9.72 Å². The Morgan fingerprint density at radius 2 is 1.41 bits per heavy atom. The van der Waals surface area contributed by atoms with Gasteiger partial charge in [-0.25, -0.2) is 0 Å². The van der Waals surface area contributed by atoms with Gasteiger partial charge in [0.1, 0.15) is 5.75 Å². The number of rotatable bonds is 8. The van der Waals surface area contributed by atoms with E-state index in [1.807, 2.05) is 12.1 Å². The van der Waals surface area contributed by atoms with Gasteiger partial charge in [-0.05, 0) is 65.9 Å². The zero-order valence-corrected chi connectivity index (χ0v) is 19.0. The summed E-state index contributed by atoms with van der Waals surface area (Å²) in [6.45, 7) is 4.42. The van der Waals surface area contributed by atoms with Gasteiger partial charge in [0, 0.05) is 11.3 Å². The van der Waals surface area contributed by atoms with Crippen molar-refractivity contribution in [2.45, 2.75) is 32.7 Å². The van der Waals surface area contributed by atoms with Gasteiger partial charge in [0.2, 0.25) is 0 Å². The number of hydrogen-bond donors (Lipinski definition) is 1. The van der Waals surface area contributed by atoms with Crippen molar-refractivity contribution in [2.24, 2.45) is 0 Å². The molecule has 4 aromatic rings. The number of para-hydroxylation sites is 1. The monoisotopic (exact) mass is 422 g/mol. The Labute approximate surface area is 191 Å². The van der Waals surface area contributed by atoms with Gasteiger partial charge in [0.25, 0.3) is 0 Å². The maximum Gasteiger partial charge on any atom is 0.118 e. The molecule has 1 aromatic heterocycles. The number of ether oxygens (including phenoxy) is 1. The van der Waals surface area contributed by atoms with Crippen molar-refractivity contribution in [2.75, 3.05) is 12.4 Å². The lowest BCUT2D eigenvalue weighted by molar-refractivity contribution is 0.415. The number of aromatic nitrogens is 1. The highest BCUT2D eigenvalue weighted by Crippen LogP contribution is 2.32. The third-order valence-electron chi connectivity index (χ3n) is 5.87. The highest BCUT2D eigenvalue weighted by Gasteiger charge is 2.19. The summed E-state index contributed by atoms with van der Waals surface area (Å²) in [5.41, 5.74) is 8.10. The van der Waals surface area contributed by atoms with Crippen LogP contribution in [-0.2, 0) is 12.8 Å². The molecule has 0 saturated heterocycles. The van der Waals surface area contributed by atoms with E-state index in [0.29, 0.717) is 0 Å². The number of benzene rings is 3. The van der Waals surface area contributed by atoms with Crippen LogP contribution in [0.4, 0.5) is 5.69 Å². The van der Waals surface area contributed by atoms with Crippen LogP contribution in [0.3, 0.4) is 0 Å². The number of nitrogens with one attached hydrogen (secondary N) is 1. The van der Waals surface area contributed by atoms with Crippen LogP contribution < -0.4 is 10.1 Å². The lowest BCUT2D eigenvalue weighted by Crippen LogP contribution is -2.16. The molecule has 0 amide bonds. The molecular weight excluding hydrogens is 392 g/mol. The maximum atomic E-state index is 5.30. The molecule has 1 atom stereocenters. The van der Waals surface area contributed by atoms with Crippen LogP contribution in [0.1, 0.15) is 42.3 Å². The van der Waals surface area contributed by atoms with E-state index in [0.717, 1.165) is 35.5 Å². The topological polar surface area (TPSA) is 34.1 Å². The molecule has 3 heteroatoms. The van der Waals surface area contributed by atoms with E-state index < -0.39 is 0 Å². The van der Waals surface area contributed by atoms with Crippen LogP contribution in [0.15, 0.2) is 91.0 Å². The van der Waals surface area contributed by atoms with Crippen molar-refractivity contribution >= 4 is 5.69 Å². The molecule has 0 radical (unpaired) electrons. The van der Waals surface area contributed by atoms with Crippen molar-refractivity contribution in [3.63, 3.8) is 0 Å². The molecule has 0 aliphatic carbocycles. The standard InChI is InChI=1S/C29H30N2O/c1-4-21-13-9-14-22(5-2)28(21)31-29(24-11-7-6-8-12-24)27-16-10-15-26(30-27)23-17-19-25(32-3)20-18-23/h6-20,29,31H,4-5H2,1-3H3. The molecule has 1 unspecified atom stereocenters. The van der Waals surface area contributed by atoms with Gasteiger partial charge in [0.05, 0.1) is 24.5 Å². The molecule has 1 heterocycles. The summed E-state index contributed by atoms with van der Waals surface area (Å²) < 4.78 is 5.30. The van der Waals surface area contributed by atoms with Crippen LogP contribution in [-0.4, -0.2) is 12.1 Å². The second-order valence-corrected chi connectivity index (χ2v) is 7.82. The first kappa shape index (κ1) is 21.6. The van der Waals surface area contributed by atoms with Crippen molar-refractivity contribution in [1.82, 2.24) is 4.98 Å². The zero-order chi connectivity index (χ0) is 22.3. The normalized spacial score (nSPS) is 11.7. The van der Waals surface area contributed by atoms with E-state index in [1.165, 1.54) is 22.4 Å². The van der Waals surface area contributed by atoms with Crippen molar-refractivity contribution in [1.29, 1.82) is 0 Å². The summed E-state index contributed by atoms with van der Waals surface area (Å²) in [7, 11) is 1.68. The number of anilines is 1. The van der Waals surface area contributed by atoms with E-state index in [9.17, 15) is 0 Å². The summed E-state index contributed by atoms with van der Waals surface area (Å²) in [6, 6.07) is 31.4.